The molecule has 0 aromatic heterocycles. The molecule has 32 heavy (non-hydrogen) atoms. The van der Waals surface area contributed by atoms with Gasteiger partial charge in [0.2, 0.25) is 26.0 Å². The third-order valence-electron chi connectivity index (χ3n) is 5.34. The lowest BCUT2D eigenvalue weighted by atomic mass is 10.2. The van der Waals surface area contributed by atoms with Crippen LogP contribution in [0.25, 0.3) is 0 Å². The van der Waals surface area contributed by atoms with E-state index < -0.39 is 32.5 Å². The van der Waals surface area contributed by atoms with Crippen LogP contribution in [0.5, 0.6) is 5.75 Å². The number of benzene rings is 2. The molecule has 0 bridgehead atoms. The highest BCUT2D eigenvalue weighted by Gasteiger charge is 2.31. The Balaban J connectivity index is 1.59. The summed E-state index contributed by atoms with van der Waals surface area (Å²) in [5.74, 6) is 0.111. The number of piperazine rings is 1. The average Bonchev–Trinajstić information content (AvgIpc) is 2.79. The summed E-state index contributed by atoms with van der Waals surface area (Å²) in [6.07, 6.45) is 0. The number of nitrogens with zero attached hydrogens (tertiary/aromatic N) is 2. The molecule has 0 unspecified atom stereocenters. The average molecular weight is 482 g/mol. The number of aryl methyl sites for hydroxylation is 2. The molecular formula is C21H27N3O6S2. The molecule has 0 aliphatic carbocycles. The molecule has 2 aromatic rings. The van der Waals surface area contributed by atoms with Gasteiger partial charge in [0.15, 0.2) is 0 Å². The molecule has 9 nitrogen and oxygen atoms in total. The smallest absolute Gasteiger partial charge is 0.243 e. The highest BCUT2D eigenvalue weighted by Crippen LogP contribution is 2.22. The molecule has 1 aliphatic heterocycles. The third-order valence-corrected chi connectivity index (χ3v) is 8.79. The Morgan fingerprint density at radius 1 is 0.969 bits per heavy atom. The third kappa shape index (κ3) is 5.29. The molecule has 1 amide bonds. The Kier molecular flexibility index (Phi) is 7.23. The number of nitrogens with one attached hydrogen (secondary N) is 1. The number of ether oxygens (including phenoxy) is 1. The number of rotatable bonds is 7. The molecule has 1 saturated heterocycles. The van der Waals surface area contributed by atoms with Gasteiger partial charge in [-0.1, -0.05) is 12.1 Å². The van der Waals surface area contributed by atoms with Gasteiger partial charge in [-0.2, -0.15) is 4.31 Å². The zero-order valence-corrected chi connectivity index (χ0v) is 19.9. The van der Waals surface area contributed by atoms with Crippen LogP contribution in [0.3, 0.4) is 0 Å². The molecule has 3 rings (SSSR count). The summed E-state index contributed by atoms with van der Waals surface area (Å²) >= 11 is 0. The van der Waals surface area contributed by atoms with Crippen molar-refractivity contribution in [3.63, 3.8) is 0 Å². The van der Waals surface area contributed by atoms with E-state index in [9.17, 15) is 21.6 Å². The second-order valence-corrected chi connectivity index (χ2v) is 11.2. The summed E-state index contributed by atoms with van der Waals surface area (Å²) in [5.41, 5.74) is 1.52. The maximum Gasteiger partial charge on any atom is 0.243 e. The van der Waals surface area contributed by atoms with Crippen LogP contribution in [0.1, 0.15) is 11.1 Å². The van der Waals surface area contributed by atoms with Gasteiger partial charge in [-0.25, -0.2) is 21.6 Å². The highest BCUT2D eigenvalue weighted by atomic mass is 32.2. The number of hydrogen-bond acceptors (Lipinski definition) is 6. The fourth-order valence-corrected chi connectivity index (χ4v) is 6.12. The fraction of sp³-hybridized carbons (Fsp3) is 0.381. The quantitative estimate of drug-likeness (QED) is 0.634. The highest BCUT2D eigenvalue weighted by molar-refractivity contribution is 7.89. The van der Waals surface area contributed by atoms with E-state index in [1.165, 1.54) is 40.6 Å². The normalized spacial score (nSPS) is 15.5. The molecular weight excluding hydrogens is 454 g/mol. The van der Waals surface area contributed by atoms with E-state index in [0.29, 0.717) is 11.3 Å². The van der Waals surface area contributed by atoms with Crippen molar-refractivity contribution in [3.8, 4) is 5.75 Å². The maximum atomic E-state index is 13.0. The Hall–Kier alpha value is -2.47. The molecule has 1 N–H and O–H groups in total. The first-order valence-corrected chi connectivity index (χ1v) is 13.0. The minimum absolute atomic E-state index is 0.0236. The lowest BCUT2D eigenvalue weighted by Crippen LogP contribution is -2.52. The van der Waals surface area contributed by atoms with Gasteiger partial charge in [0.25, 0.3) is 0 Å². The summed E-state index contributed by atoms with van der Waals surface area (Å²) in [6, 6.07) is 11.1. The maximum absolute atomic E-state index is 13.0. The van der Waals surface area contributed by atoms with E-state index in [1.54, 1.807) is 19.1 Å². The van der Waals surface area contributed by atoms with Crippen molar-refractivity contribution in [2.24, 2.45) is 0 Å². The SMILES string of the molecule is COc1ccc(S(=O)(=O)NCC(=O)N2CCN(S(=O)(=O)c3cc(C)ccc3C)CC2)cc1. The Morgan fingerprint density at radius 3 is 2.19 bits per heavy atom. The van der Waals surface area contributed by atoms with Gasteiger partial charge in [-0.05, 0) is 55.3 Å². The summed E-state index contributed by atoms with van der Waals surface area (Å²) in [5, 5.41) is 0. The number of sulfonamides is 2. The first-order valence-electron chi connectivity index (χ1n) is 10.0. The lowest BCUT2D eigenvalue weighted by molar-refractivity contribution is -0.131. The Bertz CT molecular complexity index is 1190. The monoisotopic (exact) mass is 481 g/mol. The van der Waals surface area contributed by atoms with Gasteiger partial charge >= 0.3 is 0 Å². The molecule has 1 aliphatic rings. The van der Waals surface area contributed by atoms with Gasteiger partial charge in [-0.3, -0.25) is 4.79 Å². The summed E-state index contributed by atoms with van der Waals surface area (Å²) in [6.45, 7) is 3.85. The Morgan fingerprint density at radius 2 is 1.59 bits per heavy atom. The zero-order chi connectivity index (χ0) is 23.5. The molecule has 0 saturated carbocycles. The first kappa shape index (κ1) is 24.2. The summed E-state index contributed by atoms with van der Waals surface area (Å²) in [4.78, 5) is 14.3. The van der Waals surface area contributed by atoms with E-state index in [0.717, 1.165) is 5.56 Å². The van der Waals surface area contributed by atoms with Gasteiger partial charge in [0.05, 0.1) is 23.4 Å². The van der Waals surface area contributed by atoms with Crippen LogP contribution in [0.15, 0.2) is 52.3 Å². The second-order valence-electron chi connectivity index (χ2n) is 7.55. The first-order chi connectivity index (χ1) is 15.0. The molecule has 11 heteroatoms. The van der Waals surface area contributed by atoms with Crippen LogP contribution >= 0.6 is 0 Å². The van der Waals surface area contributed by atoms with Crippen molar-refractivity contribution in [1.29, 1.82) is 0 Å². The summed E-state index contributed by atoms with van der Waals surface area (Å²) < 4.78 is 59.5. The van der Waals surface area contributed by atoms with Crippen LogP contribution < -0.4 is 9.46 Å². The van der Waals surface area contributed by atoms with Crippen LogP contribution in [-0.4, -0.2) is 71.8 Å². The predicted molar refractivity (Wildman–Crippen MR) is 119 cm³/mol. The van der Waals surface area contributed by atoms with Crippen LogP contribution in [0.4, 0.5) is 0 Å². The number of methoxy groups -OCH3 is 1. The number of amides is 1. The minimum Gasteiger partial charge on any atom is -0.497 e. The van der Waals surface area contributed by atoms with E-state index in [-0.39, 0.29) is 36.0 Å². The number of carbonyl (C=O) groups is 1. The van der Waals surface area contributed by atoms with Crippen LogP contribution in [0, 0.1) is 13.8 Å². The number of hydrogen-bond donors (Lipinski definition) is 1. The van der Waals surface area contributed by atoms with Crippen molar-refractivity contribution >= 4 is 26.0 Å². The Labute approximate surface area is 189 Å². The molecule has 2 aromatic carbocycles. The van der Waals surface area contributed by atoms with Crippen LogP contribution in [-0.2, 0) is 24.8 Å². The van der Waals surface area contributed by atoms with Crippen molar-refractivity contribution in [2.75, 3.05) is 39.8 Å². The zero-order valence-electron chi connectivity index (χ0n) is 18.2. The molecule has 0 radical (unpaired) electrons. The van der Waals surface area contributed by atoms with Gasteiger partial charge in [0.1, 0.15) is 5.75 Å². The van der Waals surface area contributed by atoms with E-state index in [4.69, 9.17) is 4.74 Å². The molecule has 1 heterocycles. The molecule has 0 atom stereocenters. The fourth-order valence-electron chi connectivity index (χ4n) is 3.41. The van der Waals surface area contributed by atoms with Gasteiger partial charge < -0.3 is 9.64 Å². The van der Waals surface area contributed by atoms with Gasteiger partial charge in [0, 0.05) is 26.2 Å². The van der Waals surface area contributed by atoms with Gasteiger partial charge in [-0.15, -0.1) is 0 Å². The topological polar surface area (TPSA) is 113 Å². The van der Waals surface area contributed by atoms with Crippen molar-refractivity contribution < 1.29 is 26.4 Å². The second kappa shape index (κ2) is 9.57. The van der Waals surface area contributed by atoms with E-state index in [2.05, 4.69) is 4.72 Å². The lowest BCUT2D eigenvalue weighted by Gasteiger charge is -2.34. The van der Waals surface area contributed by atoms with Crippen molar-refractivity contribution in [1.82, 2.24) is 13.9 Å². The number of carbonyl (C=O) groups excluding carboxylic acids is 1. The van der Waals surface area contributed by atoms with E-state index >= 15 is 0 Å². The van der Waals surface area contributed by atoms with E-state index in [1.807, 2.05) is 13.0 Å². The summed E-state index contributed by atoms with van der Waals surface area (Å²) in [7, 11) is -6.05. The molecule has 1 fully saturated rings. The van der Waals surface area contributed by atoms with Crippen molar-refractivity contribution in [3.05, 3.63) is 53.6 Å². The van der Waals surface area contributed by atoms with Crippen LogP contribution in [0.2, 0.25) is 0 Å². The largest absolute Gasteiger partial charge is 0.497 e. The minimum atomic E-state index is -3.86. The van der Waals surface area contributed by atoms with Crippen molar-refractivity contribution in [2.45, 2.75) is 23.6 Å². The predicted octanol–water partition coefficient (Wildman–Crippen LogP) is 1.12. The molecule has 0 spiro atoms. The standard InChI is InChI=1S/C21H27N3O6S2/c1-16-4-5-17(2)20(14-16)32(28,29)24-12-10-23(11-13-24)21(25)15-22-31(26,27)19-8-6-18(30-3)7-9-19/h4-9,14,22H,10-13,15H2,1-3H3. The molecule has 174 valence electrons.